The van der Waals surface area contributed by atoms with Gasteiger partial charge in [-0.25, -0.2) is 9.55 Å². The van der Waals surface area contributed by atoms with Gasteiger partial charge in [-0.15, -0.1) is 0 Å². The number of imidazole rings is 1. The number of benzene rings is 3. The van der Waals surface area contributed by atoms with Crippen LogP contribution in [0, 0.1) is 0 Å². The largest absolute Gasteiger partial charge is 0.479 e. The number of aromatic nitrogens is 4. The Kier molecular flexibility index (Phi) is 11.1. The molecule has 5 N–H and O–H groups in total. The Bertz CT molecular complexity index is 2030. The topological polar surface area (TPSA) is 202 Å². The van der Waals surface area contributed by atoms with Crippen molar-refractivity contribution in [2.24, 2.45) is 0 Å². The van der Waals surface area contributed by atoms with Crippen LogP contribution in [0.5, 0.6) is 11.6 Å². The second-order valence-electron chi connectivity index (χ2n) is 12.0. The maximum absolute atomic E-state index is 14.8. The number of methoxy groups -OCH3 is 1. The summed E-state index contributed by atoms with van der Waals surface area (Å²) in [5.41, 5.74) is 5.20. The summed E-state index contributed by atoms with van der Waals surface area (Å²) in [5, 5.41) is 27.1. The highest BCUT2D eigenvalue weighted by atomic mass is 32.2. The van der Waals surface area contributed by atoms with Gasteiger partial charge in [-0.2, -0.15) is 26.8 Å². The Hall–Kier alpha value is -4.28. The monoisotopic (exact) mass is 738 g/mol. The van der Waals surface area contributed by atoms with Crippen LogP contribution in [-0.4, -0.2) is 85.3 Å². The summed E-state index contributed by atoms with van der Waals surface area (Å²) >= 11 is 1.50. The maximum Gasteiger partial charge on any atom is 0.459 e. The Morgan fingerprint density at radius 1 is 1.14 bits per heavy atom. The summed E-state index contributed by atoms with van der Waals surface area (Å²) in [4.78, 5) is 26.0. The van der Waals surface area contributed by atoms with Gasteiger partial charge in [0.05, 0.1) is 20.0 Å². The number of hydrogen-bond donors (Lipinski definition) is 4. The second kappa shape index (κ2) is 15.5. The van der Waals surface area contributed by atoms with Gasteiger partial charge >= 0.3 is 13.7 Å². The predicted molar refractivity (Wildman–Crippen MR) is 191 cm³/mol. The average molecular weight is 739 g/mol. The summed E-state index contributed by atoms with van der Waals surface area (Å²) in [7, 11) is -3.05. The lowest BCUT2D eigenvalue weighted by Crippen LogP contribution is -2.44. The first-order valence-electron chi connectivity index (χ1n) is 16.0. The number of esters is 1. The molecule has 1 fully saturated rings. The molecule has 0 spiro atoms. The molecule has 15 nitrogen and oxygen atoms in total. The van der Waals surface area contributed by atoms with E-state index in [9.17, 15) is 19.6 Å². The fourth-order valence-electron chi connectivity index (χ4n) is 5.76. The highest BCUT2D eigenvalue weighted by Crippen LogP contribution is 2.49. The SMILES string of the molecule is COc1nc(N)nc2c1ncn2C1O[C@H](COP(=O)(N[C@@H](CCSC)C(=O)OCc2ccccc2)Oc2cccc3ccccc23)[C@@H](O)[C@@]1(C)O. The molecule has 1 aliphatic heterocycles. The minimum absolute atomic E-state index is 0.0103. The van der Waals surface area contributed by atoms with Gasteiger partial charge in [0, 0.05) is 5.39 Å². The number of carbonyl (C=O) groups is 1. The van der Waals surface area contributed by atoms with E-state index in [0.717, 1.165) is 10.9 Å². The van der Waals surface area contributed by atoms with Crippen LogP contribution in [0.3, 0.4) is 0 Å². The second-order valence-corrected chi connectivity index (χ2v) is 14.7. The van der Waals surface area contributed by atoms with Crippen molar-refractivity contribution in [3.8, 4) is 11.6 Å². The van der Waals surface area contributed by atoms with Crippen molar-refractivity contribution in [3.63, 3.8) is 0 Å². The molecule has 5 aromatic rings. The summed E-state index contributed by atoms with van der Waals surface area (Å²) in [6.07, 6.45) is -0.541. The van der Waals surface area contributed by atoms with Crippen molar-refractivity contribution in [2.75, 3.05) is 31.5 Å². The third kappa shape index (κ3) is 7.97. The minimum atomic E-state index is -4.45. The molecule has 2 aromatic heterocycles. The highest BCUT2D eigenvalue weighted by Gasteiger charge is 2.54. The van der Waals surface area contributed by atoms with E-state index in [1.54, 1.807) is 18.2 Å². The molecule has 3 aromatic carbocycles. The predicted octanol–water partition coefficient (Wildman–Crippen LogP) is 4.24. The molecule has 2 unspecified atom stereocenters. The summed E-state index contributed by atoms with van der Waals surface area (Å²) in [5.74, 6) is 0.125. The van der Waals surface area contributed by atoms with Gasteiger partial charge in [-0.3, -0.25) is 13.9 Å². The zero-order valence-corrected chi connectivity index (χ0v) is 29.8. The first-order valence-corrected chi connectivity index (χ1v) is 19.0. The van der Waals surface area contributed by atoms with Gasteiger partial charge in [0.1, 0.15) is 36.2 Å². The Balaban J connectivity index is 1.27. The third-order valence-corrected chi connectivity index (χ3v) is 10.6. The third-order valence-electron chi connectivity index (χ3n) is 8.42. The molecule has 51 heavy (non-hydrogen) atoms. The van der Waals surface area contributed by atoms with E-state index in [1.165, 1.54) is 36.7 Å². The smallest absolute Gasteiger partial charge is 0.459 e. The highest BCUT2D eigenvalue weighted by molar-refractivity contribution is 7.98. The number of nitrogens with one attached hydrogen (secondary N) is 1. The molecule has 6 atom stereocenters. The fourth-order valence-corrected chi connectivity index (χ4v) is 7.78. The van der Waals surface area contributed by atoms with Crippen LogP contribution in [0.2, 0.25) is 0 Å². The van der Waals surface area contributed by atoms with Gasteiger partial charge in [0.2, 0.25) is 11.8 Å². The molecule has 0 radical (unpaired) electrons. The Morgan fingerprint density at radius 2 is 1.88 bits per heavy atom. The number of aliphatic hydroxyl groups excluding tert-OH is 1. The molecule has 0 bridgehead atoms. The van der Waals surface area contributed by atoms with Gasteiger partial charge in [0.25, 0.3) is 0 Å². The van der Waals surface area contributed by atoms with E-state index in [1.807, 2.05) is 60.9 Å². The molecule has 17 heteroatoms. The zero-order chi connectivity index (χ0) is 36.2. The molecule has 270 valence electrons. The summed E-state index contributed by atoms with van der Waals surface area (Å²) in [6, 6.07) is 20.7. The van der Waals surface area contributed by atoms with E-state index in [2.05, 4.69) is 20.0 Å². The van der Waals surface area contributed by atoms with Crippen LogP contribution in [0.1, 0.15) is 25.1 Å². The standard InChI is InChI=1S/C34H39N6O9PS/c1-34(43)28(41)26(48-32(34)40-20-36-27-29(40)37-33(35)38-30(27)45-2)19-47-50(44,49-25-15-9-13-22-12-7-8-14-23(22)25)39-24(16-17-51-3)31(42)46-18-21-10-5-4-6-11-21/h4-15,20,24,26,28,32,41,43H,16-19H2,1-3H3,(H,39,44)(H2,35,37,38)/t24-,26+,28+,32?,34+,50?/m0/s1. The van der Waals surface area contributed by atoms with Crippen LogP contribution in [0.15, 0.2) is 79.1 Å². The number of nitrogen functional groups attached to an aromatic ring is 1. The molecule has 1 saturated heterocycles. The van der Waals surface area contributed by atoms with Crippen molar-refractivity contribution in [1.29, 1.82) is 0 Å². The molecule has 3 heterocycles. The molecule has 0 saturated carbocycles. The van der Waals surface area contributed by atoms with Crippen molar-refractivity contribution in [1.82, 2.24) is 24.6 Å². The lowest BCUT2D eigenvalue weighted by molar-refractivity contribution is -0.147. The fraction of sp³-hybridized carbons (Fsp3) is 0.353. The number of thioether (sulfide) groups is 1. The van der Waals surface area contributed by atoms with Crippen molar-refractivity contribution in [2.45, 2.75) is 50.0 Å². The van der Waals surface area contributed by atoms with Gasteiger partial charge in [-0.1, -0.05) is 66.7 Å². The first kappa shape index (κ1) is 36.5. The molecule has 6 rings (SSSR count). The number of hydrogen-bond acceptors (Lipinski definition) is 14. The Labute approximate surface area is 298 Å². The average Bonchev–Trinajstić information content (AvgIpc) is 3.64. The lowest BCUT2D eigenvalue weighted by Gasteiger charge is -2.27. The van der Waals surface area contributed by atoms with E-state index >= 15 is 0 Å². The number of ether oxygens (including phenoxy) is 3. The maximum atomic E-state index is 14.8. The number of nitrogens with zero attached hydrogens (tertiary/aromatic N) is 4. The van der Waals surface area contributed by atoms with E-state index < -0.39 is 50.4 Å². The number of anilines is 1. The summed E-state index contributed by atoms with van der Waals surface area (Å²) < 4.78 is 45.3. The number of rotatable bonds is 15. The molecule has 1 aliphatic rings. The zero-order valence-electron chi connectivity index (χ0n) is 28.1. The normalized spacial score (nSPS) is 22.1. The summed E-state index contributed by atoms with van der Waals surface area (Å²) in [6.45, 7) is 0.863. The van der Waals surface area contributed by atoms with E-state index in [-0.39, 0.29) is 41.8 Å². The quantitative estimate of drug-likeness (QED) is 0.0877. The van der Waals surface area contributed by atoms with E-state index in [0.29, 0.717) is 11.1 Å². The van der Waals surface area contributed by atoms with Gasteiger partial charge < -0.3 is 34.7 Å². The molecule has 0 aliphatic carbocycles. The molecular formula is C34H39N6O9PS. The van der Waals surface area contributed by atoms with E-state index in [4.69, 9.17) is 29.0 Å². The first-order chi connectivity index (χ1) is 24.5. The Morgan fingerprint density at radius 3 is 2.65 bits per heavy atom. The van der Waals surface area contributed by atoms with Crippen LogP contribution in [0.4, 0.5) is 5.95 Å². The van der Waals surface area contributed by atoms with Crippen molar-refractivity contribution in [3.05, 3.63) is 84.7 Å². The van der Waals surface area contributed by atoms with Gasteiger partial charge in [0.15, 0.2) is 17.4 Å². The number of fused-ring (bicyclic) bond motifs is 2. The van der Waals surface area contributed by atoms with Crippen LogP contribution in [0.25, 0.3) is 21.9 Å². The van der Waals surface area contributed by atoms with Crippen molar-refractivity contribution >= 4 is 53.4 Å². The van der Waals surface area contributed by atoms with Gasteiger partial charge in [-0.05, 0) is 42.4 Å². The molecule has 0 amide bonds. The molecular weight excluding hydrogens is 699 g/mol. The van der Waals surface area contributed by atoms with Crippen molar-refractivity contribution < 1.29 is 42.8 Å². The number of carbonyl (C=O) groups excluding carboxylic acids is 1. The lowest BCUT2D eigenvalue weighted by atomic mass is 9.96. The van der Waals surface area contributed by atoms with Crippen LogP contribution >= 0.6 is 19.5 Å². The van der Waals surface area contributed by atoms with Crippen LogP contribution < -0.4 is 20.1 Å². The number of nitrogens with two attached hydrogens (primary N) is 1. The number of aliphatic hydroxyl groups is 2. The van der Waals surface area contributed by atoms with Crippen LogP contribution in [-0.2, 0) is 30.0 Å². The minimum Gasteiger partial charge on any atom is -0.479 e.